The van der Waals surface area contributed by atoms with Crippen LogP contribution in [-0.2, 0) is 0 Å². The first kappa shape index (κ1) is 14.5. The number of nitrogens with zero attached hydrogens (tertiary/aromatic N) is 1. The molecule has 15 heavy (non-hydrogen) atoms. The van der Waals surface area contributed by atoms with Crippen LogP contribution in [0.4, 0.5) is 0 Å². The summed E-state index contributed by atoms with van der Waals surface area (Å²) in [4.78, 5) is 3.51. The second-order valence-electron chi connectivity index (χ2n) is 5.07. The van der Waals surface area contributed by atoms with E-state index in [2.05, 4.69) is 18.7 Å². The molecule has 0 saturated heterocycles. The van der Waals surface area contributed by atoms with Gasteiger partial charge in [-0.05, 0) is 12.3 Å². The van der Waals surface area contributed by atoms with Crippen molar-refractivity contribution in [2.24, 2.45) is 5.92 Å². The maximum atomic E-state index is 6.85. The molecule has 0 amide bonds. The number of hydrogen-bond donors (Lipinski definition) is 0. The van der Waals surface area contributed by atoms with Gasteiger partial charge in [0.05, 0.1) is 0 Å². The Hall–Kier alpha value is -0.510. The Labute approximate surface area is 96.1 Å². The summed E-state index contributed by atoms with van der Waals surface area (Å²) >= 11 is 0. The highest BCUT2D eigenvalue weighted by molar-refractivity contribution is 4.71. The molecule has 0 aromatic rings. The number of hydrogen-bond acceptors (Lipinski definition) is 0. The Bertz CT molecular complexity index is 167. The maximum absolute atomic E-state index is 6.85. The highest BCUT2D eigenvalue weighted by Gasteiger charge is 2.02. The van der Waals surface area contributed by atoms with Crippen molar-refractivity contribution in [2.45, 2.75) is 78.2 Å². The van der Waals surface area contributed by atoms with E-state index in [1.807, 2.05) is 6.92 Å². The van der Waals surface area contributed by atoms with Crippen LogP contribution in [0.5, 0.6) is 0 Å². The monoisotopic (exact) mass is 209 g/mol. The largest absolute Gasteiger partial charge is 0.314 e. The van der Waals surface area contributed by atoms with Gasteiger partial charge in [-0.2, -0.15) is 0 Å². The lowest BCUT2D eigenvalue weighted by Crippen LogP contribution is -1.93. The third-order valence-corrected chi connectivity index (χ3v) is 2.87. The van der Waals surface area contributed by atoms with Crippen LogP contribution in [0.15, 0.2) is 0 Å². The second kappa shape index (κ2) is 10.0. The minimum atomic E-state index is 0.242. The van der Waals surface area contributed by atoms with Gasteiger partial charge in [-0.3, -0.25) is 0 Å². The van der Waals surface area contributed by atoms with E-state index >= 15 is 0 Å². The van der Waals surface area contributed by atoms with Gasteiger partial charge in [-0.1, -0.05) is 52.4 Å². The van der Waals surface area contributed by atoms with Crippen molar-refractivity contribution in [1.82, 2.24) is 0 Å². The van der Waals surface area contributed by atoms with Crippen LogP contribution in [0, 0.1) is 12.5 Å². The van der Waals surface area contributed by atoms with Crippen molar-refractivity contribution >= 4 is 0 Å². The molecule has 0 spiro atoms. The minimum Gasteiger partial charge on any atom is -0.314 e. The van der Waals surface area contributed by atoms with Gasteiger partial charge in [0.2, 0.25) is 6.04 Å². The summed E-state index contributed by atoms with van der Waals surface area (Å²) in [5.41, 5.74) is 0. The van der Waals surface area contributed by atoms with Gasteiger partial charge in [0.25, 0.3) is 0 Å². The first-order chi connectivity index (χ1) is 7.16. The van der Waals surface area contributed by atoms with Crippen LogP contribution in [-0.4, -0.2) is 6.04 Å². The Kier molecular flexibility index (Phi) is 9.68. The van der Waals surface area contributed by atoms with E-state index in [1.54, 1.807) is 0 Å². The lowest BCUT2D eigenvalue weighted by atomic mass is 10.0. The summed E-state index contributed by atoms with van der Waals surface area (Å²) in [5.74, 6) is 0.865. The molecule has 0 N–H and O–H groups in total. The van der Waals surface area contributed by atoms with E-state index in [0.29, 0.717) is 0 Å². The molecular weight excluding hydrogens is 182 g/mol. The molecule has 0 aliphatic heterocycles. The summed E-state index contributed by atoms with van der Waals surface area (Å²) in [6.07, 6.45) is 10.6. The van der Waals surface area contributed by atoms with E-state index in [-0.39, 0.29) is 6.04 Å². The molecule has 1 nitrogen and oxygen atoms in total. The van der Waals surface area contributed by atoms with E-state index < -0.39 is 0 Å². The molecule has 0 aromatic carbocycles. The SMILES string of the molecule is [C-]#[N+]C(C)CCCCCCCCC(C)C. The third-order valence-electron chi connectivity index (χ3n) is 2.87. The summed E-state index contributed by atoms with van der Waals surface area (Å²) in [7, 11) is 0. The Morgan fingerprint density at radius 2 is 1.27 bits per heavy atom. The van der Waals surface area contributed by atoms with Crippen molar-refractivity contribution in [3.8, 4) is 0 Å². The zero-order chi connectivity index (χ0) is 11.5. The zero-order valence-corrected chi connectivity index (χ0v) is 10.8. The summed E-state index contributed by atoms with van der Waals surface area (Å²) in [6.45, 7) is 13.5. The van der Waals surface area contributed by atoms with Crippen molar-refractivity contribution in [3.05, 3.63) is 11.4 Å². The van der Waals surface area contributed by atoms with E-state index in [0.717, 1.165) is 12.3 Å². The van der Waals surface area contributed by atoms with Crippen LogP contribution in [0.2, 0.25) is 0 Å². The molecule has 88 valence electrons. The van der Waals surface area contributed by atoms with E-state index in [9.17, 15) is 0 Å². The lowest BCUT2D eigenvalue weighted by molar-refractivity contribution is 0.507. The van der Waals surface area contributed by atoms with Crippen LogP contribution in [0.25, 0.3) is 4.85 Å². The van der Waals surface area contributed by atoms with Gasteiger partial charge < -0.3 is 4.85 Å². The Morgan fingerprint density at radius 1 is 0.800 bits per heavy atom. The van der Waals surface area contributed by atoms with Gasteiger partial charge in [0.1, 0.15) is 0 Å². The fourth-order valence-electron chi connectivity index (χ4n) is 1.76. The third kappa shape index (κ3) is 11.4. The van der Waals surface area contributed by atoms with E-state index in [1.165, 1.54) is 44.9 Å². The van der Waals surface area contributed by atoms with Gasteiger partial charge in [0, 0.05) is 13.3 Å². The molecular formula is C14H27N. The highest BCUT2D eigenvalue weighted by Crippen LogP contribution is 2.13. The maximum Gasteiger partial charge on any atom is 0.221 e. The summed E-state index contributed by atoms with van der Waals surface area (Å²) in [6, 6.07) is 0.242. The van der Waals surface area contributed by atoms with Crippen molar-refractivity contribution in [1.29, 1.82) is 0 Å². The molecule has 0 rings (SSSR count). The Balaban J connectivity index is 3.03. The predicted molar refractivity (Wildman–Crippen MR) is 67.8 cm³/mol. The number of rotatable bonds is 9. The zero-order valence-electron chi connectivity index (χ0n) is 10.8. The number of unbranched alkanes of at least 4 members (excludes halogenated alkanes) is 5. The Morgan fingerprint density at radius 3 is 1.73 bits per heavy atom. The summed E-state index contributed by atoms with van der Waals surface area (Å²) in [5, 5.41) is 0. The second-order valence-corrected chi connectivity index (χ2v) is 5.07. The van der Waals surface area contributed by atoms with Crippen molar-refractivity contribution < 1.29 is 0 Å². The quantitative estimate of drug-likeness (QED) is 0.369. The molecule has 0 aliphatic rings. The van der Waals surface area contributed by atoms with Gasteiger partial charge in [-0.15, -0.1) is 0 Å². The molecule has 0 saturated carbocycles. The topological polar surface area (TPSA) is 4.36 Å². The van der Waals surface area contributed by atoms with Crippen LogP contribution < -0.4 is 0 Å². The normalized spacial score (nSPS) is 12.7. The average Bonchev–Trinajstić information content (AvgIpc) is 2.21. The predicted octanol–water partition coefficient (Wildman–Crippen LogP) is 5.07. The first-order valence-corrected chi connectivity index (χ1v) is 6.53. The van der Waals surface area contributed by atoms with Gasteiger partial charge in [0.15, 0.2) is 0 Å². The molecule has 0 heterocycles. The van der Waals surface area contributed by atoms with Crippen molar-refractivity contribution in [2.75, 3.05) is 0 Å². The van der Waals surface area contributed by atoms with Gasteiger partial charge >= 0.3 is 0 Å². The molecule has 0 fully saturated rings. The highest BCUT2D eigenvalue weighted by atomic mass is 14.7. The van der Waals surface area contributed by atoms with E-state index in [4.69, 9.17) is 6.57 Å². The minimum absolute atomic E-state index is 0.242. The molecule has 1 heteroatoms. The molecule has 0 aromatic heterocycles. The molecule has 0 radical (unpaired) electrons. The van der Waals surface area contributed by atoms with Crippen molar-refractivity contribution in [3.63, 3.8) is 0 Å². The van der Waals surface area contributed by atoms with Crippen LogP contribution >= 0.6 is 0 Å². The molecule has 1 unspecified atom stereocenters. The molecule has 0 aliphatic carbocycles. The summed E-state index contributed by atoms with van der Waals surface area (Å²) < 4.78 is 0. The standard InChI is InChI=1S/C14H27N/c1-13(2)11-9-7-5-6-8-10-12-14(3)15-4/h13-14H,5-12H2,1-3H3. The lowest BCUT2D eigenvalue weighted by Gasteiger charge is -2.04. The van der Waals surface area contributed by atoms with Crippen LogP contribution in [0.3, 0.4) is 0 Å². The first-order valence-electron chi connectivity index (χ1n) is 6.53. The molecule has 0 bridgehead atoms. The fraction of sp³-hybridized carbons (Fsp3) is 0.929. The average molecular weight is 209 g/mol. The smallest absolute Gasteiger partial charge is 0.221 e. The van der Waals surface area contributed by atoms with Gasteiger partial charge in [-0.25, -0.2) is 6.57 Å². The fourth-order valence-corrected chi connectivity index (χ4v) is 1.76. The molecule has 1 atom stereocenters. The van der Waals surface area contributed by atoms with Crippen LogP contribution in [0.1, 0.15) is 72.1 Å².